The van der Waals surface area contributed by atoms with E-state index in [2.05, 4.69) is 20.3 Å². The molecule has 0 amide bonds. The number of hydrogen-bond acceptors (Lipinski definition) is 9. The van der Waals surface area contributed by atoms with Gasteiger partial charge in [0.2, 0.25) is 5.95 Å². The Hall–Kier alpha value is -3.58. The number of sulfone groups is 1. The van der Waals surface area contributed by atoms with E-state index < -0.39 is 45.3 Å². The van der Waals surface area contributed by atoms with E-state index in [4.69, 9.17) is 16.3 Å². The molecule has 14 heteroatoms. The molecule has 0 bridgehead atoms. The summed E-state index contributed by atoms with van der Waals surface area (Å²) < 4.78 is 67.3. The minimum Gasteiger partial charge on any atom is -0.454 e. The van der Waals surface area contributed by atoms with Crippen LogP contribution in [0.15, 0.2) is 48.5 Å². The first-order valence-electron chi connectivity index (χ1n) is 14.5. The number of benzene rings is 2. The number of anilines is 1. The molecule has 2 aromatic carbocycles. The van der Waals surface area contributed by atoms with E-state index in [1.807, 2.05) is 12.1 Å². The van der Waals surface area contributed by atoms with Gasteiger partial charge in [0.25, 0.3) is 0 Å². The molecule has 240 valence electrons. The Labute approximate surface area is 263 Å². The van der Waals surface area contributed by atoms with Gasteiger partial charge in [-0.15, -0.1) is 0 Å². The van der Waals surface area contributed by atoms with Crippen LogP contribution in [0.4, 0.5) is 19.1 Å². The van der Waals surface area contributed by atoms with E-state index in [0.29, 0.717) is 35.4 Å². The lowest BCUT2D eigenvalue weighted by atomic mass is 9.92. The number of alkyl halides is 3. The number of ether oxygens (including phenoxy) is 1. The third-order valence-electron chi connectivity index (χ3n) is 8.23. The summed E-state index contributed by atoms with van der Waals surface area (Å²) >= 11 is 6.02. The molecule has 0 radical (unpaired) electrons. The molecule has 0 unspecified atom stereocenters. The van der Waals surface area contributed by atoms with Gasteiger partial charge in [0.05, 0.1) is 5.54 Å². The molecule has 1 aromatic heterocycles. The third-order valence-corrected chi connectivity index (χ3v) is 10.1. The maximum absolute atomic E-state index is 12.9. The number of ketones is 2. The Morgan fingerprint density at radius 1 is 0.978 bits per heavy atom. The van der Waals surface area contributed by atoms with Gasteiger partial charge in [0.15, 0.2) is 28.0 Å². The van der Waals surface area contributed by atoms with Crippen LogP contribution in [0.25, 0.3) is 0 Å². The van der Waals surface area contributed by atoms with E-state index >= 15 is 0 Å². The van der Waals surface area contributed by atoms with E-state index in [1.54, 1.807) is 36.4 Å². The van der Waals surface area contributed by atoms with Gasteiger partial charge in [0.1, 0.15) is 11.6 Å². The van der Waals surface area contributed by atoms with Gasteiger partial charge < -0.3 is 10.1 Å². The predicted molar refractivity (Wildman–Crippen MR) is 161 cm³/mol. The van der Waals surface area contributed by atoms with Crippen molar-refractivity contribution in [2.75, 3.05) is 23.4 Å². The molecule has 1 heterocycles. The van der Waals surface area contributed by atoms with Gasteiger partial charge in [-0.25, -0.2) is 8.42 Å². The van der Waals surface area contributed by atoms with Crippen LogP contribution in [0.3, 0.4) is 0 Å². The number of nitrogens with one attached hydrogen (secondary N) is 1. The second-order valence-electron chi connectivity index (χ2n) is 11.7. The molecule has 5 rings (SSSR count). The smallest absolute Gasteiger partial charge is 0.422 e. The molecule has 2 saturated carbocycles. The molecule has 0 aliphatic heterocycles. The van der Waals surface area contributed by atoms with Crippen molar-refractivity contribution in [2.45, 2.75) is 63.6 Å². The largest absolute Gasteiger partial charge is 0.454 e. The van der Waals surface area contributed by atoms with Crippen molar-refractivity contribution in [3.63, 3.8) is 0 Å². The highest BCUT2D eigenvalue weighted by atomic mass is 35.5. The highest BCUT2D eigenvalue weighted by Gasteiger charge is 2.50. The molecule has 3 aromatic rings. The van der Waals surface area contributed by atoms with Crippen LogP contribution in [0, 0.1) is 5.41 Å². The van der Waals surface area contributed by atoms with Gasteiger partial charge >= 0.3 is 12.2 Å². The third kappa shape index (κ3) is 8.57. The maximum atomic E-state index is 12.9. The van der Waals surface area contributed by atoms with E-state index in [1.165, 1.54) is 6.92 Å². The lowest BCUT2D eigenvalue weighted by molar-refractivity contribution is -0.154. The van der Waals surface area contributed by atoms with E-state index in [0.717, 1.165) is 18.4 Å². The van der Waals surface area contributed by atoms with Crippen LogP contribution in [-0.4, -0.2) is 59.2 Å². The van der Waals surface area contributed by atoms with Gasteiger partial charge in [-0.2, -0.15) is 28.1 Å². The van der Waals surface area contributed by atoms with Crippen molar-refractivity contribution in [3.05, 3.63) is 76.1 Å². The van der Waals surface area contributed by atoms with Crippen molar-refractivity contribution in [2.24, 2.45) is 5.41 Å². The van der Waals surface area contributed by atoms with Gasteiger partial charge in [-0.1, -0.05) is 54.9 Å². The molecule has 2 aliphatic rings. The fraction of sp³-hybridized carbons (Fsp3) is 0.452. The van der Waals surface area contributed by atoms with E-state index in [9.17, 15) is 31.2 Å². The summed E-state index contributed by atoms with van der Waals surface area (Å²) in [6, 6.07) is 13.4. The quantitative estimate of drug-likeness (QED) is 0.197. The average molecular weight is 665 g/mol. The SMILES string of the molecule is CCS(=O)(=O)CC(=O)C1(CCC(=O)c2ccc(Cc3nc(NC4(c5ccc(Cl)cc5)CC4)nc(OCC(F)(F)F)n3)cc2)CC1. The minimum atomic E-state index is -4.58. The minimum absolute atomic E-state index is 0.0757. The molecule has 2 aliphatic carbocycles. The Morgan fingerprint density at radius 3 is 2.22 bits per heavy atom. The zero-order chi connectivity index (χ0) is 32.5. The molecule has 1 N–H and O–H groups in total. The lowest BCUT2D eigenvalue weighted by Crippen LogP contribution is -2.26. The van der Waals surface area contributed by atoms with Crippen molar-refractivity contribution in [1.29, 1.82) is 0 Å². The second-order valence-corrected chi connectivity index (χ2v) is 14.4. The fourth-order valence-corrected chi connectivity index (χ4v) is 6.14. The average Bonchev–Trinajstić information content (AvgIpc) is 3.92. The van der Waals surface area contributed by atoms with Crippen LogP contribution < -0.4 is 10.1 Å². The van der Waals surface area contributed by atoms with Crippen LogP contribution in [-0.2, 0) is 26.6 Å². The molecular formula is C31H32ClF3N4O5S. The molecular weight excluding hydrogens is 633 g/mol. The fourth-order valence-electron chi connectivity index (χ4n) is 5.10. The lowest BCUT2D eigenvalue weighted by Gasteiger charge is -2.19. The first-order chi connectivity index (χ1) is 21.2. The van der Waals surface area contributed by atoms with Crippen LogP contribution >= 0.6 is 11.6 Å². The summed E-state index contributed by atoms with van der Waals surface area (Å²) in [7, 11) is -3.43. The molecule has 45 heavy (non-hydrogen) atoms. The predicted octanol–water partition coefficient (Wildman–Crippen LogP) is 5.91. The zero-order valence-corrected chi connectivity index (χ0v) is 26.1. The van der Waals surface area contributed by atoms with Crippen molar-refractivity contribution >= 4 is 39.0 Å². The van der Waals surface area contributed by atoms with Crippen molar-refractivity contribution < 1.29 is 35.9 Å². The number of hydrogen-bond donors (Lipinski definition) is 1. The number of aromatic nitrogens is 3. The summed E-state index contributed by atoms with van der Waals surface area (Å²) in [6.07, 6.45) is -1.37. The molecule has 0 atom stereocenters. The van der Waals surface area contributed by atoms with Crippen LogP contribution in [0.2, 0.25) is 5.02 Å². The van der Waals surface area contributed by atoms with E-state index in [-0.39, 0.29) is 41.9 Å². The Balaban J connectivity index is 1.26. The normalized spacial score (nSPS) is 16.6. The summed E-state index contributed by atoms with van der Waals surface area (Å²) in [4.78, 5) is 38.1. The molecule has 0 saturated heterocycles. The summed E-state index contributed by atoms with van der Waals surface area (Å²) in [5.74, 6) is -0.845. The second kappa shape index (κ2) is 12.7. The zero-order valence-electron chi connectivity index (χ0n) is 24.5. The maximum Gasteiger partial charge on any atom is 0.422 e. The van der Waals surface area contributed by atoms with Crippen LogP contribution in [0.1, 0.15) is 72.8 Å². The molecule has 9 nitrogen and oxygen atoms in total. The number of nitrogens with zero attached hydrogens (tertiary/aromatic N) is 3. The highest BCUT2D eigenvalue weighted by Crippen LogP contribution is 2.51. The number of carbonyl (C=O) groups excluding carboxylic acids is 2. The van der Waals surface area contributed by atoms with Crippen LogP contribution in [0.5, 0.6) is 6.01 Å². The van der Waals surface area contributed by atoms with Gasteiger partial charge in [-0.05, 0) is 55.4 Å². The molecule has 2 fully saturated rings. The highest BCUT2D eigenvalue weighted by molar-refractivity contribution is 7.92. The van der Waals surface area contributed by atoms with Gasteiger partial charge in [0, 0.05) is 34.6 Å². The topological polar surface area (TPSA) is 128 Å². The van der Waals surface area contributed by atoms with Gasteiger partial charge in [-0.3, -0.25) is 9.59 Å². The first kappa shape index (κ1) is 32.8. The van der Waals surface area contributed by atoms with Crippen molar-refractivity contribution in [1.82, 2.24) is 15.0 Å². The summed E-state index contributed by atoms with van der Waals surface area (Å²) in [5, 5.41) is 3.82. The Morgan fingerprint density at radius 2 is 1.64 bits per heavy atom. The number of halogens is 4. The number of rotatable bonds is 15. The Kier molecular flexibility index (Phi) is 9.23. The summed E-state index contributed by atoms with van der Waals surface area (Å²) in [5.41, 5.74) is 0.841. The van der Waals surface area contributed by atoms with Crippen molar-refractivity contribution in [3.8, 4) is 6.01 Å². The Bertz CT molecular complexity index is 1670. The monoisotopic (exact) mass is 664 g/mol. The molecule has 0 spiro atoms. The first-order valence-corrected chi connectivity index (χ1v) is 16.7. The number of Topliss-reactive ketones (excluding diaryl/α,β-unsaturated/α-hetero) is 2. The summed E-state index contributed by atoms with van der Waals surface area (Å²) in [6.45, 7) is -0.0604. The standard InChI is InChI=1S/C31H32ClF3N4O5S/c1-2-45(42,43)18-25(41)29(13-14-29)12-11-24(40)21-5-3-20(4-6-21)17-26-36-27(38-28(37-26)44-19-31(33,34)35)39-30(15-16-30)22-7-9-23(32)10-8-22/h3-10H,2,11-19H2,1H3,(H,36,37,38,39). The number of carbonyl (C=O) groups is 2.